The first-order valence-electron chi connectivity index (χ1n) is 4.28. The number of hydrogen-bond acceptors (Lipinski definition) is 2. The largest absolute Gasteiger partial charge is 0.386 e. The highest BCUT2D eigenvalue weighted by molar-refractivity contribution is 5.97. The zero-order valence-corrected chi connectivity index (χ0v) is 8.72. The number of hydrogen-bond donors (Lipinski definition) is 1. The average Bonchev–Trinajstić information content (AvgIpc) is 2.02. The van der Waals surface area contributed by atoms with E-state index in [-0.39, 0.29) is 0 Å². The average molecular weight is 178 g/mol. The van der Waals surface area contributed by atoms with Crippen LogP contribution in [0, 0.1) is 0 Å². The predicted molar refractivity (Wildman–Crippen MR) is 59.9 cm³/mol. The van der Waals surface area contributed by atoms with Gasteiger partial charge in [-0.25, -0.2) is 0 Å². The molecule has 1 N–H and O–H groups in total. The Morgan fingerprint density at radius 1 is 1.31 bits per heavy atom. The summed E-state index contributed by atoms with van der Waals surface area (Å²) >= 11 is 0. The van der Waals surface area contributed by atoms with Gasteiger partial charge < -0.3 is 5.32 Å². The molecule has 0 aliphatic rings. The maximum Gasteiger partial charge on any atom is 0.0395 e. The van der Waals surface area contributed by atoms with Crippen LogP contribution in [0.1, 0.15) is 20.8 Å². The van der Waals surface area contributed by atoms with Crippen LogP contribution in [0.4, 0.5) is 0 Å². The molecular weight excluding hydrogens is 160 g/mol. The molecule has 0 aliphatic carbocycles. The van der Waals surface area contributed by atoms with Gasteiger partial charge in [-0.1, -0.05) is 13.2 Å². The van der Waals surface area contributed by atoms with Gasteiger partial charge in [0.1, 0.15) is 0 Å². The first-order valence-corrected chi connectivity index (χ1v) is 4.28. The zero-order chi connectivity index (χ0) is 10.3. The number of allylic oxidation sites excluding steroid dienone is 2. The van der Waals surface area contributed by atoms with E-state index in [1.165, 1.54) is 0 Å². The van der Waals surface area contributed by atoms with Gasteiger partial charge in [0.2, 0.25) is 0 Å². The van der Waals surface area contributed by atoms with Gasteiger partial charge in [0.15, 0.2) is 0 Å². The lowest BCUT2D eigenvalue weighted by molar-refractivity contribution is 0.909. The molecule has 0 atom stereocenters. The number of aliphatic imine (C=N–C) groups is 1. The topological polar surface area (TPSA) is 24.4 Å². The Morgan fingerprint density at radius 3 is 2.38 bits per heavy atom. The van der Waals surface area contributed by atoms with Crippen molar-refractivity contribution in [3.63, 3.8) is 0 Å². The van der Waals surface area contributed by atoms with E-state index in [0.29, 0.717) is 0 Å². The molecule has 0 radical (unpaired) electrons. The van der Waals surface area contributed by atoms with Gasteiger partial charge in [0.05, 0.1) is 0 Å². The number of rotatable bonds is 5. The van der Waals surface area contributed by atoms with E-state index in [2.05, 4.69) is 23.5 Å². The Hall–Kier alpha value is -1.31. The summed E-state index contributed by atoms with van der Waals surface area (Å²) in [7, 11) is 0. The molecule has 0 unspecified atom stereocenters. The van der Waals surface area contributed by atoms with E-state index < -0.39 is 0 Å². The second kappa shape index (κ2) is 6.23. The monoisotopic (exact) mass is 178 g/mol. The van der Waals surface area contributed by atoms with Gasteiger partial charge in [-0.15, -0.1) is 0 Å². The lowest BCUT2D eigenvalue weighted by Gasteiger charge is -1.98. The minimum Gasteiger partial charge on any atom is -0.386 e. The molecule has 0 spiro atoms. The van der Waals surface area contributed by atoms with Crippen LogP contribution in [0.2, 0.25) is 0 Å². The summed E-state index contributed by atoms with van der Waals surface area (Å²) in [6.45, 7) is 14.1. The molecule has 72 valence electrons. The Labute approximate surface area is 80.8 Å². The van der Waals surface area contributed by atoms with Gasteiger partial charge in [-0.2, -0.15) is 0 Å². The third-order valence-electron chi connectivity index (χ3n) is 1.51. The van der Waals surface area contributed by atoms with Crippen molar-refractivity contribution in [3.05, 3.63) is 36.7 Å². The molecule has 0 amide bonds. The van der Waals surface area contributed by atoms with Crippen molar-refractivity contribution in [3.8, 4) is 0 Å². The van der Waals surface area contributed by atoms with Gasteiger partial charge in [-0.05, 0) is 32.4 Å². The van der Waals surface area contributed by atoms with Crippen LogP contribution in [-0.2, 0) is 0 Å². The van der Waals surface area contributed by atoms with E-state index in [9.17, 15) is 0 Å². The highest BCUT2D eigenvalue weighted by Gasteiger charge is 1.86. The standard InChI is InChI=1S/C11H18N2/c1-9(2)11(5)13-8-6-7-12-10(3)4/h6,8,12H,1,3,7H2,2,4-5H3/b8-6-,13-11-. The molecule has 0 rings (SSSR count). The van der Waals surface area contributed by atoms with E-state index in [0.717, 1.165) is 23.5 Å². The molecule has 2 heteroatoms. The fourth-order valence-electron chi connectivity index (χ4n) is 0.561. The molecule has 0 saturated carbocycles. The number of nitrogens with zero attached hydrogens (tertiary/aromatic N) is 1. The third-order valence-corrected chi connectivity index (χ3v) is 1.51. The maximum atomic E-state index is 4.19. The molecule has 0 fully saturated rings. The first-order chi connectivity index (χ1) is 6.04. The molecule has 0 aromatic heterocycles. The van der Waals surface area contributed by atoms with Crippen molar-refractivity contribution < 1.29 is 0 Å². The quantitative estimate of drug-likeness (QED) is 0.643. The summed E-state index contributed by atoms with van der Waals surface area (Å²) in [5.41, 5.74) is 2.93. The fraction of sp³-hybridized carbons (Fsp3) is 0.364. The summed E-state index contributed by atoms with van der Waals surface area (Å²) in [4.78, 5) is 4.19. The van der Waals surface area contributed by atoms with Crippen LogP contribution < -0.4 is 5.32 Å². The van der Waals surface area contributed by atoms with Crippen LogP contribution >= 0.6 is 0 Å². The van der Waals surface area contributed by atoms with Gasteiger partial charge in [-0.3, -0.25) is 4.99 Å². The van der Waals surface area contributed by atoms with Crippen LogP contribution in [0.25, 0.3) is 0 Å². The van der Waals surface area contributed by atoms with Crippen molar-refractivity contribution in [1.82, 2.24) is 5.32 Å². The Bertz CT molecular complexity index is 247. The minimum absolute atomic E-state index is 0.766. The summed E-state index contributed by atoms with van der Waals surface area (Å²) < 4.78 is 0. The summed E-state index contributed by atoms with van der Waals surface area (Å²) in [6, 6.07) is 0. The Balaban J connectivity index is 3.81. The van der Waals surface area contributed by atoms with Crippen LogP contribution in [-0.4, -0.2) is 12.3 Å². The molecule has 0 saturated heterocycles. The molecule has 0 bridgehead atoms. The molecular formula is C11H18N2. The number of nitrogens with one attached hydrogen (secondary N) is 1. The second-order valence-corrected chi connectivity index (χ2v) is 3.04. The SMILES string of the molecule is C=C(C)NC/C=C\N=C(\C)C(=C)C. The van der Waals surface area contributed by atoms with Crippen molar-refractivity contribution in [2.24, 2.45) is 4.99 Å². The van der Waals surface area contributed by atoms with Crippen LogP contribution in [0.15, 0.2) is 41.7 Å². The normalized spacial score (nSPS) is 11.8. The lowest BCUT2D eigenvalue weighted by Crippen LogP contribution is -2.08. The fourth-order valence-corrected chi connectivity index (χ4v) is 0.561. The smallest absolute Gasteiger partial charge is 0.0395 e. The van der Waals surface area contributed by atoms with Crippen molar-refractivity contribution in [2.75, 3.05) is 6.54 Å². The molecule has 2 nitrogen and oxygen atoms in total. The van der Waals surface area contributed by atoms with Gasteiger partial charge >= 0.3 is 0 Å². The minimum atomic E-state index is 0.766. The van der Waals surface area contributed by atoms with E-state index in [1.807, 2.05) is 26.8 Å². The second-order valence-electron chi connectivity index (χ2n) is 3.04. The van der Waals surface area contributed by atoms with E-state index in [4.69, 9.17) is 0 Å². The highest BCUT2D eigenvalue weighted by atomic mass is 14.9. The van der Waals surface area contributed by atoms with Crippen molar-refractivity contribution in [1.29, 1.82) is 0 Å². The van der Waals surface area contributed by atoms with E-state index >= 15 is 0 Å². The highest BCUT2D eigenvalue weighted by Crippen LogP contribution is 1.92. The van der Waals surface area contributed by atoms with Crippen LogP contribution in [0.5, 0.6) is 0 Å². The lowest BCUT2D eigenvalue weighted by atomic mass is 10.2. The third kappa shape index (κ3) is 7.06. The van der Waals surface area contributed by atoms with Gasteiger partial charge in [0, 0.05) is 24.2 Å². The zero-order valence-electron chi connectivity index (χ0n) is 8.72. The van der Waals surface area contributed by atoms with Crippen LogP contribution in [0.3, 0.4) is 0 Å². The Morgan fingerprint density at radius 2 is 1.92 bits per heavy atom. The van der Waals surface area contributed by atoms with Gasteiger partial charge in [0.25, 0.3) is 0 Å². The first kappa shape index (κ1) is 11.7. The maximum absolute atomic E-state index is 4.19. The molecule has 0 aromatic carbocycles. The molecule has 13 heavy (non-hydrogen) atoms. The van der Waals surface area contributed by atoms with Crippen molar-refractivity contribution in [2.45, 2.75) is 20.8 Å². The summed E-state index contributed by atoms with van der Waals surface area (Å²) in [5.74, 6) is 0. The summed E-state index contributed by atoms with van der Waals surface area (Å²) in [5, 5.41) is 3.08. The van der Waals surface area contributed by atoms with E-state index in [1.54, 1.807) is 6.20 Å². The predicted octanol–water partition coefficient (Wildman–Crippen LogP) is 2.66. The summed E-state index contributed by atoms with van der Waals surface area (Å²) in [6.07, 6.45) is 3.72. The molecule has 0 aromatic rings. The molecule has 0 aliphatic heterocycles. The van der Waals surface area contributed by atoms with Crippen molar-refractivity contribution >= 4 is 5.71 Å². The Kier molecular flexibility index (Phi) is 5.60. The molecule has 0 heterocycles.